The molecule has 4 nitrogen and oxygen atoms in total. The van der Waals surface area contributed by atoms with E-state index in [1.165, 1.54) is 0 Å². The molecule has 0 aromatic rings. The van der Waals surface area contributed by atoms with Gasteiger partial charge in [0.2, 0.25) is 0 Å². The highest BCUT2D eigenvalue weighted by molar-refractivity contribution is 4.99. The molecule has 0 radical (unpaired) electrons. The Morgan fingerprint density at radius 1 is 1.26 bits per heavy atom. The van der Waals surface area contributed by atoms with Crippen LogP contribution in [-0.4, -0.2) is 43.3 Å². The van der Waals surface area contributed by atoms with Crippen molar-refractivity contribution in [3.8, 4) is 0 Å². The van der Waals surface area contributed by atoms with Crippen LogP contribution in [0.5, 0.6) is 0 Å². The molecule has 1 unspecified atom stereocenters. The molecule has 0 heterocycles. The first kappa shape index (κ1) is 16.9. The summed E-state index contributed by atoms with van der Waals surface area (Å²) in [6, 6.07) is 0. The van der Waals surface area contributed by atoms with Gasteiger partial charge in [0.15, 0.2) is 0 Å². The molecule has 0 aliphatic heterocycles. The van der Waals surface area contributed by atoms with Crippen molar-refractivity contribution >= 4 is 0 Å². The van der Waals surface area contributed by atoms with Gasteiger partial charge >= 0.3 is 0 Å². The second-order valence-corrected chi connectivity index (χ2v) is 7.36. The minimum absolute atomic E-state index is 0.0245. The number of rotatable bonds is 5. The summed E-state index contributed by atoms with van der Waals surface area (Å²) in [6.45, 7) is 8.69. The van der Waals surface area contributed by atoms with Gasteiger partial charge in [-0.3, -0.25) is 0 Å². The van der Waals surface area contributed by atoms with Crippen LogP contribution >= 0.6 is 0 Å². The molecule has 1 aliphatic carbocycles. The standard InChI is InChI=1S/C15H30O4/c1-10-11(6-8-14(10,4)18)15(5,19)9-7-12(16)13(2,3)17/h10-12,16-19H,6-9H2,1-5H3/t10-,11+,12?,14+,15+/m0/s1. The summed E-state index contributed by atoms with van der Waals surface area (Å²) in [7, 11) is 0. The zero-order valence-electron chi connectivity index (χ0n) is 12.8. The number of aliphatic hydroxyl groups excluding tert-OH is 1. The van der Waals surface area contributed by atoms with Crippen LogP contribution < -0.4 is 0 Å². The van der Waals surface area contributed by atoms with Crippen molar-refractivity contribution in [2.24, 2.45) is 11.8 Å². The molecule has 0 aromatic carbocycles. The van der Waals surface area contributed by atoms with Gasteiger partial charge in [-0.05, 0) is 65.2 Å². The quantitative estimate of drug-likeness (QED) is 0.611. The SMILES string of the molecule is C[C@H]1[C@H]([C@](C)(O)CCC(O)C(C)(C)O)CC[C@@]1(C)O. The van der Waals surface area contributed by atoms with Gasteiger partial charge in [-0.15, -0.1) is 0 Å². The monoisotopic (exact) mass is 274 g/mol. The molecular weight excluding hydrogens is 244 g/mol. The Morgan fingerprint density at radius 2 is 1.79 bits per heavy atom. The molecule has 1 rings (SSSR count). The maximum atomic E-state index is 10.6. The van der Waals surface area contributed by atoms with Crippen molar-refractivity contribution in [2.45, 2.75) is 83.2 Å². The van der Waals surface area contributed by atoms with Crippen LogP contribution in [0.2, 0.25) is 0 Å². The first-order chi connectivity index (χ1) is 8.38. The summed E-state index contributed by atoms with van der Waals surface area (Å²) in [6.07, 6.45) is 1.41. The Kier molecular flexibility index (Phi) is 4.73. The molecule has 19 heavy (non-hydrogen) atoms. The predicted molar refractivity (Wildman–Crippen MR) is 74.7 cm³/mol. The van der Waals surface area contributed by atoms with Gasteiger partial charge in [0.1, 0.15) is 0 Å². The van der Waals surface area contributed by atoms with Crippen LogP contribution in [-0.2, 0) is 0 Å². The second kappa shape index (κ2) is 5.32. The van der Waals surface area contributed by atoms with Crippen molar-refractivity contribution in [1.29, 1.82) is 0 Å². The average Bonchev–Trinajstić information content (AvgIpc) is 2.50. The molecule has 0 saturated heterocycles. The van der Waals surface area contributed by atoms with E-state index in [-0.39, 0.29) is 11.8 Å². The van der Waals surface area contributed by atoms with E-state index >= 15 is 0 Å². The molecule has 0 amide bonds. The van der Waals surface area contributed by atoms with Crippen molar-refractivity contribution < 1.29 is 20.4 Å². The molecule has 0 aromatic heterocycles. The Bertz CT molecular complexity index is 304. The normalized spacial score (nSPS) is 37.1. The van der Waals surface area contributed by atoms with E-state index in [1.54, 1.807) is 20.8 Å². The molecule has 1 saturated carbocycles. The van der Waals surface area contributed by atoms with Crippen molar-refractivity contribution in [1.82, 2.24) is 0 Å². The molecule has 0 bridgehead atoms. The number of aliphatic hydroxyl groups is 4. The minimum atomic E-state index is -1.15. The zero-order chi connectivity index (χ0) is 15.1. The summed E-state index contributed by atoms with van der Waals surface area (Å²) in [5.41, 5.74) is -2.79. The third-order valence-electron chi connectivity index (χ3n) is 5.08. The molecule has 5 atom stereocenters. The fourth-order valence-corrected chi connectivity index (χ4v) is 3.18. The fraction of sp³-hybridized carbons (Fsp3) is 1.00. The van der Waals surface area contributed by atoms with Gasteiger partial charge in [-0.2, -0.15) is 0 Å². The Hall–Kier alpha value is -0.160. The van der Waals surface area contributed by atoms with Crippen LogP contribution in [0.25, 0.3) is 0 Å². The van der Waals surface area contributed by atoms with Gasteiger partial charge in [-0.1, -0.05) is 6.92 Å². The summed E-state index contributed by atoms with van der Waals surface area (Å²) in [5.74, 6) is 0.0540. The minimum Gasteiger partial charge on any atom is -0.390 e. The highest BCUT2D eigenvalue weighted by Crippen LogP contribution is 2.46. The van der Waals surface area contributed by atoms with E-state index in [2.05, 4.69) is 0 Å². The van der Waals surface area contributed by atoms with Gasteiger partial charge in [0, 0.05) is 0 Å². The lowest BCUT2D eigenvalue weighted by atomic mass is 9.76. The molecule has 1 fully saturated rings. The maximum Gasteiger partial charge on any atom is 0.0849 e. The van der Waals surface area contributed by atoms with Crippen LogP contribution in [0.15, 0.2) is 0 Å². The fourth-order valence-electron chi connectivity index (χ4n) is 3.18. The zero-order valence-corrected chi connectivity index (χ0v) is 12.8. The molecular formula is C15H30O4. The lowest BCUT2D eigenvalue weighted by Gasteiger charge is -2.37. The first-order valence-electron chi connectivity index (χ1n) is 7.23. The summed E-state index contributed by atoms with van der Waals surface area (Å²) in [5, 5.41) is 40.4. The van der Waals surface area contributed by atoms with Gasteiger partial charge in [0.05, 0.1) is 22.9 Å². The number of hydrogen-bond donors (Lipinski definition) is 4. The molecule has 4 N–H and O–H groups in total. The van der Waals surface area contributed by atoms with Crippen molar-refractivity contribution in [3.05, 3.63) is 0 Å². The van der Waals surface area contributed by atoms with Crippen molar-refractivity contribution in [3.63, 3.8) is 0 Å². The lowest BCUT2D eigenvalue weighted by Crippen LogP contribution is -2.43. The molecule has 1 aliphatic rings. The average molecular weight is 274 g/mol. The van der Waals surface area contributed by atoms with E-state index < -0.39 is 22.9 Å². The Balaban J connectivity index is 2.62. The number of hydrogen-bond acceptors (Lipinski definition) is 4. The molecule has 114 valence electrons. The van der Waals surface area contributed by atoms with Gasteiger partial charge in [0.25, 0.3) is 0 Å². The summed E-state index contributed by atoms with van der Waals surface area (Å²) >= 11 is 0. The molecule has 4 heteroatoms. The van der Waals surface area contributed by atoms with Crippen LogP contribution in [0.3, 0.4) is 0 Å². The van der Waals surface area contributed by atoms with Crippen molar-refractivity contribution in [2.75, 3.05) is 0 Å². The largest absolute Gasteiger partial charge is 0.390 e. The maximum absolute atomic E-state index is 10.6. The topological polar surface area (TPSA) is 80.9 Å². The van der Waals surface area contributed by atoms with E-state index in [9.17, 15) is 20.4 Å². The van der Waals surface area contributed by atoms with Gasteiger partial charge < -0.3 is 20.4 Å². The highest BCUT2D eigenvalue weighted by atomic mass is 16.3. The van der Waals surface area contributed by atoms with E-state index in [4.69, 9.17) is 0 Å². The third-order valence-corrected chi connectivity index (χ3v) is 5.08. The second-order valence-electron chi connectivity index (χ2n) is 7.36. The van der Waals surface area contributed by atoms with Crippen LogP contribution in [0.4, 0.5) is 0 Å². The van der Waals surface area contributed by atoms with E-state index in [1.807, 2.05) is 13.8 Å². The van der Waals surface area contributed by atoms with E-state index in [0.717, 1.165) is 6.42 Å². The molecule has 0 spiro atoms. The summed E-state index contributed by atoms with van der Waals surface area (Å²) in [4.78, 5) is 0. The van der Waals surface area contributed by atoms with Crippen LogP contribution in [0.1, 0.15) is 60.3 Å². The first-order valence-corrected chi connectivity index (χ1v) is 7.23. The Morgan fingerprint density at radius 3 is 2.16 bits per heavy atom. The van der Waals surface area contributed by atoms with Gasteiger partial charge in [-0.25, -0.2) is 0 Å². The smallest absolute Gasteiger partial charge is 0.0849 e. The predicted octanol–water partition coefficient (Wildman–Crippen LogP) is 1.45. The highest BCUT2D eigenvalue weighted by Gasteiger charge is 2.48. The summed E-state index contributed by atoms with van der Waals surface area (Å²) < 4.78 is 0. The third kappa shape index (κ3) is 3.91. The van der Waals surface area contributed by atoms with E-state index in [0.29, 0.717) is 19.3 Å². The van der Waals surface area contributed by atoms with Crippen LogP contribution in [0, 0.1) is 11.8 Å². The lowest BCUT2D eigenvalue weighted by molar-refractivity contribution is -0.0841. The Labute approximate surface area is 116 Å².